The maximum atomic E-state index is 10.7. The van der Waals surface area contributed by atoms with Gasteiger partial charge in [-0.25, -0.2) is 4.39 Å². The molecule has 0 saturated heterocycles. The highest BCUT2D eigenvalue weighted by Gasteiger charge is 1.87. The van der Waals surface area contributed by atoms with Crippen LogP contribution in [0.25, 0.3) is 0 Å². The molecule has 0 fully saturated rings. The highest BCUT2D eigenvalue weighted by Crippen LogP contribution is 1.83. The van der Waals surface area contributed by atoms with Gasteiger partial charge in [-0.3, -0.25) is 0 Å². The third-order valence-electron chi connectivity index (χ3n) is 0.182. The molecule has 0 spiro atoms. The molecule has 1 nitrogen and oxygen atoms in total. The van der Waals surface area contributed by atoms with Crippen LogP contribution in [0.2, 0.25) is 0 Å². The number of aliphatic hydroxyl groups excluding tert-OH is 1. The molecule has 0 saturated carbocycles. The van der Waals surface area contributed by atoms with Gasteiger partial charge in [0.1, 0.15) is 0 Å². The van der Waals surface area contributed by atoms with Crippen molar-refractivity contribution in [2.75, 3.05) is 0 Å². The summed E-state index contributed by atoms with van der Waals surface area (Å²) in [6, 6.07) is 0. The van der Waals surface area contributed by atoms with Gasteiger partial charge in [0.05, 0.1) is 6.10 Å². The van der Waals surface area contributed by atoms with E-state index in [0.29, 0.717) is 0 Å². The van der Waals surface area contributed by atoms with Crippen LogP contribution in [-0.2, 0) is 0 Å². The van der Waals surface area contributed by atoms with Crippen molar-refractivity contribution in [1.82, 2.24) is 0 Å². The summed E-state index contributed by atoms with van der Waals surface area (Å²) in [5.41, 5.74) is 0. The molecular weight excluding hydrogens is 71.0 g/mol. The zero-order valence-electron chi connectivity index (χ0n) is 2.98. The molecule has 0 rings (SSSR count). The maximum absolute atomic E-state index is 10.7. The molecule has 0 aliphatic carbocycles. The molecule has 0 aromatic heterocycles. The predicted molar refractivity (Wildman–Crippen MR) is 17.1 cm³/mol. The van der Waals surface area contributed by atoms with Gasteiger partial charge >= 0.3 is 0 Å². The summed E-state index contributed by atoms with van der Waals surface area (Å²) in [6.07, 6.45) is -0.907. The van der Waals surface area contributed by atoms with Crippen molar-refractivity contribution in [3.05, 3.63) is 6.67 Å². The van der Waals surface area contributed by atoms with Crippen LogP contribution in [0.3, 0.4) is 0 Å². The Morgan fingerprint density at radius 2 is 2.20 bits per heavy atom. The monoisotopic (exact) mass is 77.0 g/mol. The first kappa shape index (κ1) is 4.89. The number of aliphatic hydroxyl groups is 1. The highest BCUT2D eigenvalue weighted by atomic mass is 19.1. The summed E-state index contributed by atoms with van der Waals surface area (Å²) >= 11 is 0. The smallest absolute Gasteiger partial charge is 0.159 e. The molecule has 5 heavy (non-hydrogen) atoms. The van der Waals surface area contributed by atoms with Crippen LogP contribution in [0.1, 0.15) is 6.92 Å². The molecule has 0 bridgehead atoms. The van der Waals surface area contributed by atoms with Gasteiger partial charge in [-0.15, -0.1) is 0 Å². The predicted octanol–water partition coefficient (Wildman–Crippen LogP) is 0.498. The van der Waals surface area contributed by atoms with Crippen molar-refractivity contribution in [3.8, 4) is 0 Å². The van der Waals surface area contributed by atoms with Crippen molar-refractivity contribution < 1.29 is 9.50 Å². The highest BCUT2D eigenvalue weighted by molar-refractivity contribution is 4.52. The Morgan fingerprint density at radius 3 is 2.20 bits per heavy atom. The summed E-state index contributed by atoms with van der Waals surface area (Å²) in [5.74, 6) is 0. The summed E-state index contributed by atoms with van der Waals surface area (Å²) < 4.78 is 10.7. The topological polar surface area (TPSA) is 20.2 Å². The van der Waals surface area contributed by atoms with Crippen LogP contribution in [0.4, 0.5) is 4.39 Å². The largest absolute Gasteiger partial charge is 0.390 e. The fourth-order valence-corrected chi connectivity index (χ4v) is 0. The molecule has 0 heterocycles. The van der Waals surface area contributed by atoms with E-state index in [1.54, 1.807) is 0 Å². The number of hydrogen-bond donors (Lipinski definition) is 1. The molecule has 1 unspecified atom stereocenters. The third kappa shape index (κ3) is 3.89. The molecule has 1 radical (unpaired) electrons. The summed E-state index contributed by atoms with van der Waals surface area (Å²) in [6.45, 7) is 1.57. The average molecular weight is 77.1 g/mol. The third-order valence-corrected chi connectivity index (χ3v) is 0.182. The standard InChI is InChI=1S/C3H6FO/c1-3(5)2-4/h2-3,5H,1H3. The van der Waals surface area contributed by atoms with Crippen LogP contribution < -0.4 is 0 Å². The van der Waals surface area contributed by atoms with Crippen LogP contribution in [0.5, 0.6) is 0 Å². The number of hydrogen-bond acceptors (Lipinski definition) is 1. The first-order valence-corrected chi connectivity index (χ1v) is 1.39. The number of rotatable bonds is 1. The van der Waals surface area contributed by atoms with Crippen molar-refractivity contribution in [2.24, 2.45) is 0 Å². The van der Waals surface area contributed by atoms with Crippen molar-refractivity contribution in [2.45, 2.75) is 13.0 Å². The van der Waals surface area contributed by atoms with E-state index in [0.717, 1.165) is 0 Å². The van der Waals surface area contributed by atoms with E-state index in [2.05, 4.69) is 0 Å². The Bertz CT molecular complexity index is 20.9. The fraction of sp³-hybridized carbons (Fsp3) is 0.667. The first-order chi connectivity index (χ1) is 2.27. The van der Waals surface area contributed by atoms with E-state index in [1.165, 1.54) is 6.92 Å². The molecule has 31 valence electrons. The van der Waals surface area contributed by atoms with E-state index >= 15 is 0 Å². The van der Waals surface area contributed by atoms with Crippen LogP contribution in [0.15, 0.2) is 0 Å². The van der Waals surface area contributed by atoms with Gasteiger partial charge in [0.2, 0.25) is 0 Å². The van der Waals surface area contributed by atoms with Gasteiger partial charge in [0, 0.05) is 0 Å². The second-order valence-corrected chi connectivity index (χ2v) is 0.867. The lowest BCUT2D eigenvalue weighted by molar-refractivity contribution is 0.196. The van der Waals surface area contributed by atoms with Crippen LogP contribution >= 0.6 is 0 Å². The quantitative estimate of drug-likeness (QED) is 0.483. The average Bonchev–Trinajstić information content (AvgIpc) is 1.38. The van der Waals surface area contributed by atoms with Crippen molar-refractivity contribution in [3.63, 3.8) is 0 Å². The Kier molecular flexibility index (Phi) is 2.10. The van der Waals surface area contributed by atoms with Crippen LogP contribution in [-0.4, -0.2) is 11.2 Å². The van der Waals surface area contributed by atoms with Gasteiger partial charge in [-0.1, -0.05) is 0 Å². The Balaban J connectivity index is 2.54. The molecule has 1 N–H and O–H groups in total. The van der Waals surface area contributed by atoms with E-state index < -0.39 is 6.10 Å². The lowest BCUT2D eigenvalue weighted by Crippen LogP contribution is -1.93. The Labute approximate surface area is 30.4 Å². The minimum Gasteiger partial charge on any atom is -0.390 e. The Morgan fingerprint density at radius 1 is 2.00 bits per heavy atom. The molecule has 0 aromatic carbocycles. The molecule has 2 heteroatoms. The first-order valence-electron chi connectivity index (χ1n) is 1.39. The van der Waals surface area contributed by atoms with Gasteiger partial charge in [0.25, 0.3) is 0 Å². The molecule has 1 atom stereocenters. The van der Waals surface area contributed by atoms with E-state index in [1.807, 2.05) is 0 Å². The lowest BCUT2D eigenvalue weighted by atomic mass is 10.5. The second-order valence-electron chi connectivity index (χ2n) is 0.867. The number of halogens is 1. The van der Waals surface area contributed by atoms with Gasteiger partial charge < -0.3 is 5.11 Å². The van der Waals surface area contributed by atoms with Gasteiger partial charge in [-0.05, 0) is 6.92 Å². The van der Waals surface area contributed by atoms with Crippen LogP contribution in [0, 0.1) is 6.67 Å². The summed E-state index contributed by atoms with van der Waals surface area (Å²) in [7, 11) is 0. The summed E-state index contributed by atoms with van der Waals surface area (Å²) in [5, 5.41) is 7.93. The molecule has 0 amide bonds. The summed E-state index contributed by atoms with van der Waals surface area (Å²) in [4.78, 5) is 0. The van der Waals surface area contributed by atoms with E-state index in [-0.39, 0.29) is 6.67 Å². The lowest BCUT2D eigenvalue weighted by Gasteiger charge is -1.86. The Hall–Kier alpha value is -0.110. The van der Waals surface area contributed by atoms with E-state index in [9.17, 15) is 4.39 Å². The van der Waals surface area contributed by atoms with E-state index in [4.69, 9.17) is 5.11 Å². The van der Waals surface area contributed by atoms with Crippen molar-refractivity contribution >= 4 is 0 Å². The SMILES string of the molecule is CC(O)[CH]F. The minimum absolute atomic E-state index is 0.222. The second kappa shape index (κ2) is 2.15. The minimum atomic E-state index is -0.907. The van der Waals surface area contributed by atoms with Gasteiger partial charge in [0.15, 0.2) is 6.67 Å². The normalized spacial score (nSPS) is 15.0. The zero-order chi connectivity index (χ0) is 4.28. The maximum Gasteiger partial charge on any atom is 0.159 e. The molecular formula is C3H6FO. The van der Waals surface area contributed by atoms with Crippen molar-refractivity contribution in [1.29, 1.82) is 0 Å². The zero-order valence-corrected chi connectivity index (χ0v) is 2.98. The molecule has 0 aromatic rings. The molecule has 0 aliphatic heterocycles. The fourth-order valence-electron chi connectivity index (χ4n) is 0. The molecule has 0 aliphatic rings. The van der Waals surface area contributed by atoms with Gasteiger partial charge in [-0.2, -0.15) is 0 Å².